The van der Waals surface area contributed by atoms with Crippen molar-refractivity contribution in [1.82, 2.24) is 5.32 Å². The first-order chi connectivity index (χ1) is 7.30. The van der Waals surface area contributed by atoms with Gasteiger partial charge in [0.05, 0.1) is 5.41 Å². The van der Waals surface area contributed by atoms with E-state index in [0.29, 0.717) is 6.42 Å². The van der Waals surface area contributed by atoms with Crippen molar-refractivity contribution in [2.45, 2.75) is 34.1 Å². The molecule has 4 amide bonds. The molecular weight excluding hydrogens is 231 g/mol. The zero-order chi connectivity index (χ0) is 12.5. The van der Waals surface area contributed by atoms with Gasteiger partial charge < -0.3 is 10.6 Å². The zero-order valence-electron chi connectivity index (χ0n) is 11.0. The number of rotatable bonds is 3. The van der Waals surface area contributed by atoms with Gasteiger partial charge in [0.15, 0.2) is 17.8 Å². The van der Waals surface area contributed by atoms with E-state index >= 15 is 0 Å². The van der Waals surface area contributed by atoms with Crippen LogP contribution in [0.4, 0.5) is 4.79 Å². The number of carbonyl (C=O) groups excluding carboxylic acids is 3. The molecule has 1 fully saturated rings. The van der Waals surface area contributed by atoms with Crippen molar-refractivity contribution in [2.75, 3.05) is 0 Å². The minimum atomic E-state index is -1.18. The Bertz CT molecular complexity index is 320. The third-order valence-corrected chi connectivity index (χ3v) is 2.93. The van der Waals surface area contributed by atoms with Crippen LogP contribution in [0.1, 0.15) is 34.1 Å². The van der Waals surface area contributed by atoms with Crippen molar-refractivity contribution in [2.24, 2.45) is 17.3 Å². The third kappa shape index (κ3) is 3.09. The van der Waals surface area contributed by atoms with Crippen molar-refractivity contribution in [3.05, 3.63) is 5.32 Å². The molecule has 0 spiro atoms. The van der Waals surface area contributed by atoms with Gasteiger partial charge in [-0.3, -0.25) is 14.4 Å². The summed E-state index contributed by atoms with van der Waals surface area (Å²) < 4.78 is 0. The predicted octanol–water partition coefficient (Wildman–Crippen LogP) is -1.17. The molecule has 1 heterocycles. The number of imide groups is 2. The minimum Gasteiger partial charge on any atom is -0.394 e. The molecule has 90 valence electrons. The van der Waals surface area contributed by atoms with Gasteiger partial charge in [0.25, 0.3) is 0 Å². The van der Waals surface area contributed by atoms with Crippen LogP contribution in [0, 0.1) is 17.3 Å². The van der Waals surface area contributed by atoms with E-state index in [4.69, 9.17) is 0 Å². The van der Waals surface area contributed by atoms with E-state index in [0.717, 1.165) is 0 Å². The number of carbonyl (C=O) groups is 3. The fourth-order valence-corrected chi connectivity index (χ4v) is 2.09. The average Bonchev–Trinajstić information content (AvgIpc) is 2.10. The number of amides is 4. The van der Waals surface area contributed by atoms with Gasteiger partial charge in [0, 0.05) is 0 Å². The van der Waals surface area contributed by atoms with Gasteiger partial charge in [-0.15, -0.1) is 0 Å². The normalized spacial score (nSPS) is 24.5. The first-order valence-electron chi connectivity index (χ1n) is 5.42. The van der Waals surface area contributed by atoms with Crippen LogP contribution in [0.5, 0.6) is 0 Å². The van der Waals surface area contributed by atoms with Crippen LogP contribution in [0.15, 0.2) is 0 Å². The summed E-state index contributed by atoms with van der Waals surface area (Å²) in [5, 5.41) is 5.47. The zero-order valence-corrected chi connectivity index (χ0v) is 13.0. The van der Waals surface area contributed by atoms with E-state index in [1.165, 1.54) is 0 Å². The van der Waals surface area contributed by atoms with E-state index in [-0.39, 0.29) is 41.4 Å². The Balaban J connectivity index is 0.00000256. The van der Waals surface area contributed by atoms with Crippen LogP contribution >= 0.6 is 0 Å². The minimum absolute atomic E-state index is 0. The van der Waals surface area contributed by atoms with Crippen LogP contribution in [0.2, 0.25) is 0 Å². The maximum absolute atomic E-state index is 11.9. The molecule has 1 aliphatic rings. The van der Waals surface area contributed by atoms with Crippen LogP contribution in [-0.2, 0) is 9.59 Å². The van der Waals surface area contributed by atoms with Crippen molar-refractivity contribution >= 4 is 17.8 Å². The van der Waals surface area contributed by atoms with Crippen molar-refractivity contribution in [3.63, 3.8) is 0 Å². The fourth-order valence-electron chi connectivity index (χ4n) is 2.09. The Morgan fingerprint density at radius 2 is 1.71 bits per heavy atom. The van der Waals surface area contributed by atoms with Gasteiger partial charge in [-0.2, -0.15) is 0 Å². The summed E-state index contributed by atoms with van der Waals surface area (Å²) >= 11 is 0. The molecule has 17 heavy (non-hydrogen) atoms. The summed E-state index contributed by atoms with van der Waals surface area (Å²) in [6.07, 6.45) is 0.409. The van der Waals surface area contributed by atoms with E-state index in [1.54, 1.807) is 13.8 Å². The molecule has 0 bridgehead atoms. The number of nitrogens with zero attached hydrogens (tertiary/aromatic N) is 1. The summed E-state index contributed by atoms with van der Waals surface area (Å²) in [6.45, 7) is 7.46. The quantitative estimate of drug-likeness (QED) is 0.505. The molecular formula is C11H17N2NaO3. The molecule has 1 N–H and O–H groups in total. The smallest absolute Gasteiger partial charge is 0.394 e. The second-order valence-electron chi connectivity index (χ2n) is 4.90. The number of urea groups is 1. The van der Waals surface area contributed by atoms with Crippen LogP contribution in [-0.4, -0.2) is 17.8 Å². The molecule has 6 heteroatoms. The first kappa shape index (κ1) is 16.6. The van der Waals surface area contributed by atoms with E-state index in [2.05, 4.69) is 10.6 Å². The molecule has 0 aromatic heterocycles. The largest absolute Gasteiger partial charge is 1.00 e. The number of nitrogens with one attached hydrogen (secondary N) is 1. The Morgan fingerprint density at radius 3 is 2.06 bits per heavy atom. The van der Waals surface area contributed by atoms with Crippen LogP contribution in [0.3, 0.4) is 0 Å². The summed E-state index contributed by atoms with van der Waals surface area (Å²) in [7, 11) is 0. The van der Waals surface area contributed by atoms with Gasteiger partial charge in [-0.1, -0.05) is 27.7 Å². The second-order valence-corrected chi connectivity index (χ2v) is 4.90. The molecule has 1 rings (SSSR count). The summed E-state index contributed by atoms with van der Waals surface area (Å²) in [5.41, 5.74) is -1.18. The molecule has 0 aromatic carbocycles. The van der Waals surface area contributed by atoms with Gasteiger partial charge in [0.1, 0.15) is 0 Å². The molecule has 0 radical (unpaired) electrons. The van der Waals surface area contributed by atoms with Crippen LogP contribution in [0.25, 0.3) is 5.32 Å². The summed E-state index contributed by atoms with van der Waals surface area (Å²) in [4.78, 5) is 34.7. The maximum atomic E-state index is 11.9. The van der Waals surface area contributed by atoms with E-state index in [9.17, 15) is 14.4 Å². The SMILES string of the molecule is CC(C)CC1(C(C)C)C(=O)[N-]C(=O)NC1=O.[Na+]. The topological polar surface area (TPSA) is 77.3 Å². The van der Waals surface area contributed by atoms with Gasteiger partial charge in [-0.05, 0) is 18.3 Å². The average molecular weight is 248 g/mol. The first-order valence-corrected chi connectivity index (χ1v) is 5.42. The van der Waals surface area contributed by atoms with E-state index < -0.39 is 23.3 Å². The predicted molar refractivity (Wildman–Crippen MR) is 58.6 cm³/mol. The fraction of sp³-hybridized carbons (Fsp3) is 0.727. The molecule has 1 unspecified atom stereocenters. The van der Waals surface area contributed by atoms with Crippen molar-refractivity contribution < 1.29 is 43.9 Å². The molecule has 1 aliphatic heterocycles. The molecule has 1 saturated heterocycles. The molecule has 0 saturated carbocycles. The maximum Gasteiger partial charge on any atom is 1.00 e. The van der Waals surface area contributed by atoms with Crippen molar-refractivity contribution in [1.29, 1.82) is 0 Å². The summed E-state index contributed by atoms with van der Waals surface area (Å²) in [5.74, 6) is -1.12. The van der Waals surface area contributed by atoms with E-state index in [1.807, 2.05) is 13.8 Å². The molecule has 0 aromatic rings. The number of barbiturate groups is 1. The van der Waals surface area contributed by atoms with Crippen LogP contribution < -0.4 is 34.9 Å². The van der Waals surface area contributed by atoms with Gasteiger partial charge in [-0.25, -0.2) is 0 Å². The molecule has 1 atom stereocenters. The Labute approximate surface area is 123 Å². The van der Waals surface area contributed by atoms with Gasteiger partial charge in [0.2, 0.25) is 0 Å². The Morgan fingerprint density at radius 1 is 1.18 bits per heavy atom. The number of hydrogen-bond acceptors (Lipinski definition) is 3. The molecule has 0 aliphatic carbocycles. The second kappa shape index (κ2) is 5.98. The van der Waals surface area contributed by atoms with Gasteiger partial charge >= 0.3 is 29.6 Å². The monoisotopic (exact) mass is 248 g/mol. The third-order valence-electron chi connectivity index (χ3n) is 2.93. The summed E-state index contributed by atoms with van der Waals surface area (Å²) in [6, 6.07) is -0.852. The number of hydrogen-bond donors (Lipinski definition) is 1. The Hall–Kier alpha value is -0.390. The molecule has 5 nitrogen and oxygen atoms in total. The van der Waals surface area contributed by atoms with Crippen molar-refractivity contribution in [3.8, 4) is 0 Å². The standard InChI is InChI=1S/C11H18N2O3.Na/c1-6(2)5-11(7(3)4)8(14)12-10(16)13-9(11)15;/h6-7H,5H2,1-4H3,(H2,12,13,14,15,16);/q;+1/p-1. The Kier molecular flexibility index (Phi) is 5.84.